The Balaban J connectivity index is 2.78. The van der Waals surface area contributed by atoms with Crippen molar-refractivity contribution in [2.45, 2.75) is 39.7 Å². The quantitative estimate of drug-likeness (QED) is 0.809. The fraction of sp³-hybridized carbons (Fsp3) is 0.571. The molecule has 0 amide bonds. The van der Waals surface area contributed by atoms with Gasteiger partial charge in [0.25, 0.3) is 0 Å². The first-order valence-electron chi connectivity index (χ1n) is 6.30. The molecule has 100 valence electrons. The minimum Gasteiger partial charge on any atom is -0.297 e. The number of carbonyl (C=O) groups is 1. The second kappa shape index (κ2) is 6.43. The summed E-state index contributed by atoms with van der Waals surface area (Å²) in [6.07, 6.45) is 2.11. The van der Waals surface area contributed by atoms with Crippen LogP contribution in [-0.2, 0) is 11.2 Å². The number of pyridine rings is 1. The highest BCUT2D eigenvalue weighted by Gasteiger charge is 2.32. The van der Waals surface area contributed by atoms with E-state index in [4.69, 9.17) is 0 Å². The summed E-state index contributed by atoms with van der Waals surface area (Å²) in [5, 5.41) is 0. The van der Waals surface area contributed by atoms with Crippen LogP contribution < -0.4 is 0 Å². The molecule has 4 heteroatoms. The Kier molecular flexibility index (Phi) is 5.47. The maximum absolute atomic E-state index is 12.4. The van der Waals surface area contributed by atoms with Crippen LogP contribution in [0.2, 0.25) is 0 Å². The number of aromatic nitrogens is 1. The molecule has 1 aromatic heterocycles. The lowest BCUT2D eigenvalue weighted by Gasteiger charge is -2.35. The lowest BCUT2D eigenvalue weighted by Crippen LogP contribution is -2.50. The summed E-state index contributed by atoms with van der Waals surface area (Å²) in [5.41, 5.74) is 0.390. The zero-order chi connectivity index (χ0) is 13.8. The van der Waals surface area contributed by atoms with Crippen LogP contribution in [0, 0.1) is 0 Å². The molecule has 0 spiro atoms. The first-order chi connectivity index (χ1) is 8.41. The molecule has 1 heterocycles. The first kappa shape index (κ1) is 15.3. The maximum atomic E-state index is 12.4. The zero-order valence-corrected chi connectivity index (χ0v) is 13.1. The molecule has 0 bridgehead atoms. The Morgan fingerprint density at radius 2 is 1.94 bits per heavy atom. The van der Waals surface area contributed by atoms with Gasteiger partial charge in [0.05, 0.1) is 12.0 Å². The molecule has 0 fully saturated rings. The third kappa shape index (κ3) is 3.62. The molecule has 18 heavy (non-hydrogen) atoms. The summed E-state index contributed by atoms with van der Waals surface area (Å²) in [7, 11) is 0. The van der Waals surface area contributed by atoms with Crippen LogP contribution in [-0.4, -0.2) is 34.3 Å². The summed E-state index contributed by atoms with van der Waals surface area (Å²) in [6, 6.07) is 3.81. The molecule has 0 aliphatic heterocycles. The minimum absolute atomic E-state index is 0.209. The molecule has 1 rings (SSSR count). The fourth-order valence-electron chi connectivity index (χ4n) is 2.08. The van der Waals surface area contributed by atoms with Crippen molar-refractivity contribution >= 4 is 21.7 Å². The van der Waals surface area contributed by atoms with Crippen LogP contribution in [0.15, 0.2) is 22.8 Å². The molecule has 0 aliphatic carbocycles. The number of carbonyl (C=O) groups excluding carboxylic acids is 1. The van der Waals surface area contributed by atoms with Crippen LogP contribution in [0.4, 0.5) is 0 Å². The monoisotopic (exact) mass is 312 g/mol. The van der Waals surface area contributed by atoms with Gasteiger partial charge in [-0.1, -0.05) is 13.8 Å². The molecule has 0 radical (unpaired) electrons. The van der Waals surface area contributed by atoms with Gasteiger partial charge in [-0.15, -0.1) is 0 Å². The van der Waals surface area contributed by atoms with Gasteiger partial charge in [-0.05, 0) is 55.0 Å². The number of likely N-dealkylation sites (N-methyl/N-ethyl adjacent to an activating group) is 1. The van der Waals surface area contributed by atoms with E-state index in [1.807, 2.05) is 26.0 Å². The van der Waals surface area contributed by atoms with Crippen molar-refractivity contribution in [3.05, 3.63) is 28.5 Å². The Labute approximate surface area is 118 Å². The normalized spacial score (nSPS) is 11.9. The zero-order valence-electron chi connectivity index (χ0n) is 11.5. The Morgan fingerprint density at radius 3 is 2.39 bits per heavy atom. The van der Waals surface area contributed by atoms with Crippen LogP contribution in [0.3, 0.4) is 0 Å². The second-order valence-corrected chi connectivity index (χ2v) is 5.71. The highest BCUT2D eigenvalue weighted by Crippen LogP contribution is 2.18. The molecule has 1 aromatic rings. The van der Waals surface area contributed by atoms with Crippen molar-refractivity contribution < 1.29 is 4.79 Å². The molecule has 0 saturated heterocycles. The van der Waals surface area contributed by atoms with Crippen molar-refractivity contribution in [1.29, 1.82) is 0 Å². The van der Waals surface area contributed by atoms with Gasteiger partial charge in [-0.2, -0.15) is 0 Å². The molecule has 0 N–H and O–H groups in total. The van der Waals surface area contributed by atoms with E-state index in [0.717, 1.165) is 23.3 Å². The molecule has 0 aromatic carbocycles. The van der Waals surface area contributed by atoms with Crippen LogP contribution in [0.25, 0.3) is 0 Å². The van der Waals surface area contributed by atoms with Crippen molar-refractivity contribution in [2.75, 3.05) is 13.1 Å². The molecule has 0 saturated carbocycles. The van der Waals surface area contributed by atoms with E-state index in [9.17, 15) is 4.79 Å². The number of rotatable bonds is 6. The van der Waals surface area contributed by atoms with Gasteiger partial charge >= 0.3 is 0 Å². The van der Waals surface area contributed by atoms with Gasteiger partial charge < -0.3 is 0 Å². The SMILES string of the molecule is CCN(CC)C(C)(C)C(=O)Cc1ccc(Br)cn1. The summed E-state index contributed by atoms with van der Waals surface area (Å²) < 4.78 is 0.932. The van der Waals surface area contributed by atoms with Gasteiger partial charge in [-0.25, -0.2) is 0 Å². The predicted molar refractivity (Wildman–Crippen MR) is 77.6 cm³/mol. The van der Waals surface area contributed by atoms with Crippen molar-refractivity contribution in [1.82, 2.24) is 9.88 Å². The molecular weight excluding hydrogens is 292 g/mol. The molecular formula is C14H21BrN2O. The van der Waals surface area contributed by atoms with E-state index in [1.165, 1.54) is 0 Å². The Bertz CT molecular complexity index is 397. The Hall–Kier alpha value is -0.740. The lowest BCUT2D eigenvalue weighted by atomic mass is 9.93. The first-order valence-corrected chi connectivity index (χ1v) is 7.09. The van der Waals surface area contributed by atoms with Crippen molar-refractivity contribution in [3.8, 4) is 0 Å². The average Bonchev–Trinajstić information content (AvgIpc) is 2.33. The number of halogens is 1. The summed E-state index contributed by atoms with van der Waals surface area (Å²) in [5.74, 6) is 0.209. The van der Waals surface area contributed by atoms with Crippen LogP contribution in [0.5, 0.6) is 0 Å². The molecule has 0 aliphatic rings. The van der Waals surface area contributed by atoms with Gasteiger partial charge in [0, 0.05) is 16.4 Å². The summed E-state index contributed by atoms with van der Waals surface area (Å²) >= 11 is 3.34. The van der Waals surface area contributed by atoms with E-state index >= 15 is 0 Å². The summed E-state index contributed by atoms with van der Waals surface area (Å²) in [4.78, 5) is 18.8. The standard InChI is InChI=1S/C14H21BrN2O/c1-5-17(6-2)14(3,4)13(18)9-12-8-7-11(15)10-16-12/h7-8,10H,5-6,9H2,1-4H3. The van der Waals surface area contributed by atoms with E-state index < -0.39 is 5.54 Å². The minimum atomic E-state index is -0.432. The number of hydrogen-bond donors (Lipinski definition) is 0. The molecule has 3 nitrogen and oxygen atoms in total. The smallest absolute Gasteiger partial charge is 0.158 e. The topological polar surface area (TPSA) is 33.2 Å². The average molecular weight is 313 g/mol. The van der Waals surface area contributed by atoms with E-state index in [2.05, 4.69) is 39.7 Å². The summed E-state index contributed by atoms with van der Waals surface area (Å²) in [6.45, 7) is 9.89. The van der Waals surface area contributed by atoms with Gasteiger partial charge in [0.1, 0.15) is 0 Å². The lowest BCUT2D eigenvalue weighted by molar-refractivity contribution is -0.128. The van der Waals surface area contributed by atoms with Crippen LogP contribution in [0.1, 0.15) is 33.4 Å². The van der Waals surface area contributed by atoms with Crippen LogP contribution >= 0.6 is 15.9 Å². The predicted octanol–water partition coefficient (Wildman–Crippen LogP) is 3.08. The number of ketones is 1. The number of hydrogen-bond acceptors (Lipinski definition) is 3. The fourth-order valence-corrected chi connectivity index (χ4v) is 2.32. The van der Waals surface area contributed by atoms with E-state index in [-0.39, 0.29) is 5.78 Å². The van der Waals surface area contributed by atoms with Gasteiger partial charge in [0.2, 0.25) is 0 Å². The van der Waals surface area contributed by atoms with E-state index in [1.54, 1.807) is 6.20 Å². The highest BCUT2D eigenvalue weighted by molar-refractivity contribution is 9.10. The van der Waals surface area contributed by atoms with Gasteiger partial charge in [0.15, 0.2) is 5.78 Å². The largest absolute Gasteiger partial charge is 0.297 e. The molecule has 0 atom stereocenters. The highest BCUT2D eigenvalue weighted by atomic mass is 79.9. The number of nitrogens with zero attached hydrogens (tertiary/aromatic N) is 2. The molecule has 0 unspecified atom stereocenters. The second-order valence-electron chi connectivity index (χ2n) is 4.80. The Morgan fingerprint density at radius 1 is 1.33 bits per heavy atom. The third-order valence-electron chi connectivity index (χ3n) is 3.37. The van der Waals surface area contributed by atoms with Gasteiger partial charge in [-0.3, -0.25) is 14.7 Å². The van der Waals surface area contributed by atoms with Crippen molar-refractivity contribution in [2.24, 2.45) is 0 Å². The van der Waals surface area contributed by atoms with E-state index in [0.29, 0.717) is 6.42 Å². The number of Topliss-reactive ketones (excluding diaryl/α,β-unsaturated/α-hetero) is 1. The maximum Gasteiger partial charge on any atom is 0.158 e. The van der Waals surface area contributed by atoms with Crippen molar-refractivity contribution in [3.63, 3.8) is 0 Å². The third-order valence-corrected chi connectivity index (χ3v) is 3.84.